The van der Waals surface area contributed by atoms with Crippen LogP contribution in [-0.4, -0.2) is 14.2 Å². The highest BCUT2D eigenvalue weighted by atomic mass is 79.9. The van der Waals surface area contributed by atoms with Crippen LogP contribution in [0.3, 0.4) is 0 Å². The second-order valence-electron chi connectivity index (χ2n) is 4.89. The molecule has 3 N–H and O–H groups in total. The molecule has 1 aromatic rings. The van der Waals surface area contributed by atoms with E-state index < -0.39 is 0 Å². The first-order valence-electron chi connectivity index (χ1n) is 6.59. The van der Waals surface area contributed by atoms with Crippen LogP contribution in [0, 0.1) is 5.92 Å². The van der Waals surface area contributed by atoms with Crippen molar-refractivity contribution < 1.29 is 9.47 Å². The van der Waals surface area contributed by atoms with Crippen molar-refractivity contribution in [3.05, 3.63) is 22.2 Å². The molecule has 1 aliphatic carbocycles. The smallest absolute Gasteiger partial charge is 0.141 e. The number of rotatable bonds is 5. The van der Waals surface area contributed by atoms with Gasteiger partial charge >= 0.3 is 0 Å². The molecule has 0 heterocycles. The van der Waals surface area contributed by atoms with Crippen LogP contribution >= 0.6 is 15.9 Å². The summed E-state index contributed by atoms with van der Waals surface area (Å²) in [6, 6.07) is 4.10. The Balaban J connectivity index is 2.39. The maximum atomic E-state index is 5.78. The zero-order valence-electron chi connectivity index (χ0n) is 11.4. The van der Waals surface area contributed by atoms with Gasteiger partial charge in [0.2, 0.25) is 0 Å². The van der Waals surface area contributed by atoms with Crippen molar-refractivity contribution in [3.63, 3.8) is 0 Å². The largest absolute Gasteiger partial charge is 0.495 e. The summed E-state index contributed by atoms with van der Waals surface area (Å²) in [5.74, 6) is 7.91. The van der Waals surface area contributed by atoms with Gasteiger partial charge < -0.3 is 9.47 Å². The van der Waals surface area contributed by atoms with E-state index in [1.54, 1.807) is 14.2 Å². The van der Waals surface area contributed by atoms with Crippen molar-refractivity contribution in [1.82, 2.24) is 5.43 Å². The Morgan fingerprint density at radius 1 is 1.26 bits per heavy atom. The molecule has 0 aromatic heterocycles. The van der Waals surface area contributed by atoms with Gasteiger partial charge in [0.25, 0.3) is 0 Å². The first-order chi connectivity index (χ1) is 9.22. The number of hydrogen-bond donors (Lipinski definition) is 2. The third-order valence-corrected chi connectivity index (χ3v) is 4.65. The van der Waals surface area contributed by atoms with Crippen LogP contribution in [0.2, 0.25) is 0 Å². The molecule has 0 aliphatic heterocycles. The lowest BCUT2D eigenvalue weighted by Gasteiger charge is -2.25. The summed E-state index contributed by atoms with van der Waals surface area (Å²) in [4.78, 5) is 0. The molecule has 0 amide bonds. The average Bonchev–Trinajstić information content (AvgIpc) is 2.94. The summed E-state index contributed by atoms with van der Waals surface area (Å²) in [6.45, 7) is 0. The molecule has 1 atom stereocenters. The highest BCUT2D eigenvalue weighted by Crippen LogP contribution is 2.44. The summed E-state index contributed by atoms with van der Waals surface area (Å²) >= 11 is 3.54. The molecule has 1 fully saturated rings. The van der Waals surface area contributed by atoms with Gasteiger partial charge in [-0.3, -0.25) is 11.3 Å². The second kappa shape index (κ2) is 6.59. The number of hydrogen-bond acceptors (Lipinski definition) is 4. The predicted octanol–water partition coefficient (Wildman–Crippen LogP) is 3.16. The Morgan fingerprint density at radius 3 is 2.47 bits per heavy atom. The van der Waals surface area contributed by atoms with Crippen molar-refractivity contribution in [3.8, 4) is 11.5 Å². The van der Waals surface area contributed by atoms with Gasteiger partial charge in [0.05, 0.1) is 20.3 Å². The molecule has 0 bridgehead atoms. The average molecular weight is 329 g/mol. The molecule has 2 rings (SSSR count). The summed E-state index contributed by atoms with van der Waals surface area (Å²) in [7, 11) is 3.32. The molecular formula is C14H21BrN2O2. The Labute approximate surface area is 122 Å². The van der Waals surface area contributed by atoms with Crippen LogP contribution in [0.1, 0.15) is 37.3 Å². The highest BCUT2D eigenvalue weighted by Gasteiger charge is 2.29. The summed E-state index contributed by atoms with van der Waals surface area (Å²) < 4.78 is 11.7. The molecule has 4 nitrogen and oxygen atoms in total. The summed E-state index contributed by atoms with van der Waals surface area (Å²) in [5, 5.41) is 0. The fraction of sp³-hybridized carbons (Fsp3) is 0.571. The Bertz CT molecular complexity index is 434. The molecule has 0 radical (unpaired) electrons. The Hall–Kier alpha value is -0.780. The fourth-order valence-electron chi connectivity index (χ4n) is 2.93. The van der Waals surface area contributed by atoms with Crippen molar-refractivity contribution in [2.75, 3.05) is 14.2 Å². The van der Waals surface area contributed by atoms with Crippen LogP contribution in [-0.2, 0) is 0 Å². The van der Waals surface area contributed by atoms with Gasteiger partial charge in [-0.25, -0.2) is 0 Å². The molecule has 1 aliphatic rings. The van der Waals surface area contributed by atoms with Crippen molar-refractivity contribution in [1.29, 1.82) is 0 Å². The van der Waals surface area contributed by atoms with Crippen LogP contribution in [0.25, 0.3) is 0 Å². The topological polar surface area (TPSA) is 56.5 Å². The van der Waals surface area contributed by atoms with E-state index in [0.717, 1.165) is 21.5 Å². The molecule has 1 saturated carbocycles. The second-order valence-corrected chi connectivity index (χ2v) is 5.69. The minimum absolute atomic E-state index is 0.125. The molecule has 106 valence electrons. The van der Waals surface area contributed by atoms with Crippen molar-refractivity contribution >= 4 is 15.9 Å². The lowest BCUT2D eigenvalue weighted by Crippen LogP contribution is -2.33. The van der Waals surface area contributed by atoms with Gasteiger partial charge in [0.1, 0.15) is 16.0 Å². The van der Waals surface area contributed by atoms with E-state index in [1.807, 2.05) is 12.1 Å². The number of benzene rings is 1. The van der Waals surface area contributed by atoms with E-state index in [1.165, 1.54) is 25.7 Å². The first-order valence-corrected chi connectivity index (χ1v) is 7.38. The van der Waals surface area contributed by atoms with E-state index >= 15 is 0 Å². The number of ether oxygens (including phenoxy) is 2. The lowest BCUT2D eigenvalue weighted by atomic mass is 9.91. The molecule has 19 heavy (non-hydrogen) atoms. The highest BCUT2D eigenvalue weighted by molar-refractivity contribution is 9.10. The van der Waals surface area contributed by atoms with Crippen LogP contribution in [0.4, 0.5) is 0 Å². The summed E-state index contributed by atoms with van der Waals surface area (Å²) in [5.41, 5.74) is 4.05. The maximum absolute atomic E-state index is 5.78. The number of methoxy groups -OCH3 is 2. The van der Waals surface area contributed by atoms with Gasteiger partial charge in [0, 0.05) is 5.56 Å². The Kier molecular flexibility index (Phi) is 5.07. The van der Waals surface area contributed by atoms with Crippen LogP contribution in [0.15, 0.2) is 16.6 Å². The monoisotopic (exact) mass is 328 g/mol. The van der Waals surface area contributed by atoms with E-state index in [4.69, 9.17) is 15.3 Å². The standard InChI is InChI=1S/C14H21BrN2O2/c1-18-11-8-7-10(14(19-2)12(11)15)13(17-16)9-5-3-4-6-9/h7-9,13,17H,3-6,16H2,1-2H3. The summed E-state index contributed by atoms with van der Waals surface area (Å²) in [6.07, 6.45) is 4.98. The molecule has 1 aromatic carbocycles. The van der Waals surface area contributed by atoms with Gasteiger partial charge in [-0.15, -0.1) is 0 Å². The zero-order chi connectivity index (χ0) is 13.8. The zero-order valence-corrected chi connectivity index (χ0v) is 13.0. The third-order valence-electron chi connectivity index (χ3n) is 3.90. The molecule has 0 saturated heterocycles. The maximum Gasteiger partial charge on any atom is 0.141 e. The minimum Gasteiger partial charge on any atom is -0.495 e. The predicted molar refractivity (Wildman–Crippen MR) is 79.3 cm³/mol. The quantitative estimate of drug-likeness (QED) is 0.644. The fourth-order valence-corrected chi connectivity index (χ4v) is 3.62. The van der Waals surface area contributed by atoms with E-state index in [2.05, 4.69) is 21.4 Å². The van der Waals surface area contributed by atoms with Gasteiger partial charge in [0.15, 0.2) is 0 Å². The number of halogens is 1. The van der Waals surface area contributed by atoms with Crippen molar-refractivity contribution in [2.24, 2.45) is 11.8 Å². The number of nitrogens with one attached hydrogen (secondary N) is 1. The van der Waals surface area contributed by atoms with E-state index in [9.17, 15) is 0 Å². The van der Waals surface area contributed by atoms with Crippen LogP contribution < -0.4 is 20.7 Å². The third kappa shape index (κ3) is 2.88. The first kappa shape index (κ1) is 14.6. The van der Waals surface area contributed by atoms with Crippen molar-refractivity contribution in [2.45, 2.75) is 31.7 Å². The minimum atomic E-state index is 0.125. The molecular weight excluding hydrogens is 308 g/mol. The normalized spacial score (nSPS) is 17.5. The number of hydrazine groups is 1. The molecule has 1 unspecified atom stereocenters. The van der Waals surface area contributed by atoms with Gasteiger partial charge in [-0.1, -0.05) is 12.8 Å². The lowest BCUT2D eigenvalue weighted by molar-refractivity contribution is 0.343. The molecule has 5 heteroatoms. The van der Waals surface area contributed by atoms with Crippen LogP contribution in [0.5, 0.6) is 11.5 Å². The SMILES string of the molecule is COc1ccc(C(NN)C2CCCC2)c(OC)c1Br. The number of nitrogens with two attached hydrogens (primary N) is 1. The van der Waals surface area contributed by atoms with Gasteiger partial charge in [-0.2, -0.15) is 0 Å². The van der Waals surface area contributed by atoms with E-state index in [0.29, 0.717) is 5.92 Å². The Morgan fingerprint density at radius 2 is 1.95 bits per heavy atom. The van der Waals surface area contributed by atoms with Gasteiger partial charge in [-0.05, 0) is 46.8 Å². The van der Waals surface area contributed by atoms with E-state index in [-0.39, 0.29) is 6.04 Å². The molecule has 0 spiro atoms.